The SMILES string of the molecule is C.COC(=O)[C@H](N=[N+]=[N-])[C@H](C)O. The second-order valence-corrected chi connectivity index (χ2v) is 1.91. The fraction of sp³-hybridized carbons (Fsp3) is 0.833. The van der Waals surface area contributed by atoms with Crippen molar-refractivity contribution in [3.63, 3.8) is 0 Å². The molecule has 0 spiro atoms. The Morgan fingerprint density at radius 3 is 2.50 bits per heavy atom. The van der Waals surface area contributed by atoms with Crippen LogP contribution in [0.4, 0.5) is 0 Å². The van der Waals surface area contributed by atoms with Crippen LogP contribution in [0.2, 0.25) is 0 Å². The van der Waals surface area contributed by atoms with E-state index in [1.54, 1.807) is 0 Å². The largest absolute Gasteiger partial charge is 0.469 e. The average Bonchev–Trinajstić information content (AvgIpc) is 1.98. The van der Waals surface area contributed by atoms with E-state index in [0.29, 0.717) is 0 Å². The van der Waals surface area contributed by atoms with Crippen LogP contribution in [0.1, 0.15) is 14.4 Å². The lowest BCUT2D eigenvalue weighted by atomic mass is 10.2. The molecular weight excluding hydrogens is 162 g/mol. The summed E-state index contributed by atoms with van der Waals surface area (Å²) in [4.78, 5) is 13.1. The van der Waals surface area contributed by atoms with E-state index in [-0.39, 0.29) is 7.43 Å². The molecule has 0 aliphatic rings. The van der Waals surface area contributed by atoms with Gasteiger partial charge < -0.3 is 9.84 Å². The molecular formula is C6H13N3O3. The van der Waals surface area contributed by atoms with Crippen molar-refractivity contribution in [1.29, 1.82) is 0 Å². The number of ether oxygens (including phenoxy) is 1. The molecule has 0 aromatic rings. The smallest absolute Gasteiger partial charge is 0.317 e. The van der Waals surface area contributed by atoms with Gasteiger partial charge >= 0.3 is 5.97 Å². The van der Waals surface area contributed by atoms with Gasteiger partial charge in [0.15, 0.2) is 6.04 Å². The van der Waals surface area contributed by atoms with E-state index in [1.807, 2.05) is 0 Å². The molecule has 0 saturated heterocycles. The van der Waals surface area contributed by atoms with Gasteiger partial charge in [0.25, 0.3) is 0 Å². The molecule has 0 aromatic heterocycles. The van der Waals surface area contributed by atoms with Gasteiger partial charge in [-0.2, -0.15) is 0 Å². The molecule has 0 amide bonds. The molecule has 0 saturated carbocycles. The van der Waals surface area contributed by atoms with E-state index < -0.39 is 18.1 Å². The monoisotopic (exact) mass is 175 g/mol. The summed E-state index contributed by atoms with van der Waals surface area (Å²) >= 11 is 0. The summed E-state index contributed by atoms with van der Waals surface area (Å²) in [6, 6.07) is -1.15. The number of carbonyl (C=O) groups excluding carboxylic acids is 1. The molecule has 2 atom stereocenters. The third kappa shape index (κ3) is 3.80. The Morgan fingerprint density at radius 1 is 1.75 bits per heavy atom. The van der Waals surface area contributed by atoms with Gasteiger partial charge in [0.1, 0.15) is 0 Å². The van der Waals surface area contributed by atoms with Crippen LogP contribution in [0.25, 0.3) is 10.4 Å². The lowest BCUT2D eigenvalue weighted by Gasteiger charge is -2.10. The Kier molecular flexibility index (Phi) is 7.17. The van der Waals surface area contributed by atoms with E-state index in [2.05, 4.69) is 14.8 Å². The van der Waals surface area contributed by atoms with Gasteiger partial charge in [-0.15, -0.1) is 0 Å². The predicted octanol–water partition coefficient (Wildman–Crippen LogP) is 0.855. The van der Waals surface area contributed by atoms with Gasteiger partial charge in [-0.25, -0.2) is 0 Å². The first-order valence-electron chi connectivity index (χ1n) is 2.93. The lowest BCUT2D eigenvalue weighted by Crippen LogP contribution is -2.30. The molecule has 0 fully saturated rings. The Bertz CT molecular complexity index is 186. The predicted molar refractivity (Wildman–Crippen MR) is 43.4 cm³/mol. The minimum absolute atomic E-state index is 0. The van der Waals surface area contributed by atoms with Crippen molar-refractivity contribution in [3.05, 3.63) is 10.4 Å². The minimum Gasteiger partial charge on any atom is -0.469 e. The van der Waals surface area contributed by atoms with Crippen LogP contribution in [0, 0.1) is 0 Å². The number of aliphatic hydroxyl groups excluding tert-OH is 1. The highest BCUT2D eigenvalue weighted by atomic mass is 16.5. The zero-order valence-electron chi connectivity index (χ0n) is 6.26. The highest BCUT2D eigenvalue weighted by Gasteiger charge is 2.22. The number of methoxy groups -OCH3 is 1. The molecule has 0 heterocycles. The first-order valence-corrected chi connectivity index (χ1v) is 2.93. The first-order chi connectivity index (χ1) is 5.13. The molecule has 0 bridgehead atoms. The van der Waals surface area contributed by atoms with Crippen molar-refractivity contribution in [2.45, 2.75) is 26.5 Å². The van der Waals surface area contributed by atoms with Crippen molar-refractivity contribution in [3.8, 4) is 0 Å². The zero-order chi connectivity index (χ0) is 8.85. The summed E-state index contributed by atoms with van der Waals surface area (Å²) in [7, 11) is 1.16. The highest BCUT2D eigenvalue weighted by Crippen LogP contribution is 2.00. The standard InChI is InChI=1S/C5H9N3O3.CH4/c1-3(9)4(7-8-6)5(10)11-2;/h3-4,9H,1-2H3;1H4/t3-,4+;/m0./s1. The number of azide groups is 1. The topological polar surface area (TPSA) is 95.3 Å². The van der Waals surface area contributed by atoms with Crippen molar-refractivity contribution in [1.82, 2.24) is 0 Å². The van der Waals surface area contributed by atoms with Crippen LogP contribution in [0.5, 0.6) is 0 Å². The van der Waals surface area contributed by atoms with Gasteiger partial charge in [-0.1, -0.05) is 12.5 Å². The second kappa shape index (κ2) is 6.45. The minimum atomic E-state index is -1.15. The number of rotatable bonds is 3. The van der Waals surface area contributed by atoms with E-state index in [4.69, 9.17) is 10.6 Å². The van der Waals surface area contributed by atoms with Crippen LogP contribution < -0.4 is 0 Å². The Balaban J connectivity index is 0. The van der Waals surface area contributed by atoms with Crippen LogP contribution >= 0.6 is 0 Å². The van der Waals surface area contributed by atoms with Crippen LogP contribution in [0.15, 0.2) is 5.11 Å². The average molecular weight is 175 g/mol. The molecule has 6 heteroatoms. The van der Waals surface area contributed by atoms with E-state index in [9.17, 15) is 4.79 Å². The summed E-state index contributed by atoms with van der Waals surface area (Å²) in [6.07, 6.45) is -1.03. The van der Waals surface area contributed by atoms with Crippen molar-refractivity contribution < 1.29 is 14.6 Å². The molecule has 0 aliphatic carbocycles. The normalized spacial score (nSPS) is 13.2. The third-order valence-electron chi connectivity index (χ3n) is 1.08. The Labute approximate surface area is 70.8 Å². The molecule has 0 radical (unpaired) electrons. The van der Waals surface area contributed by atoms with Gasteiger partial charge in [0.05, 0.1) is 13.2 Å². The number of hydrogen-bond acceptors (Lipinski definition) is 4. The summed E-state index contributed by atoms with van der Waals surface area (Å²) < 4.78 is 4.26. The van der Waals surface area contributed by atoms with Crippen molar-refractivity contribution >= 4 is 5.97 Å². The van der Waals surface area contributed by atoms with Crippen molar-refractivity contribution in [2.24, 2.45) is 5.11 Å². The summed E-state index contributed by atoms with van der Waals surface area (Å²) in [5, 5.41) is 11.9. The van der Waals surface area contributed by atoms with Gasteiger partial charge in [0, 0.05) is 4.91 Å². The maximum atomic E-state index is 10.7. The number of nitrogens with zero attached hydrogens (tertiary/aromatic N) is 3. The van der Waals surface area contributed by atoms with Crippen LogP contribution in [0.3, 0.4) is 0 Å². The van der Waals surface area contributed by atoms with Gasteiger partial charge in [-0.05, 0) is 12.5 Å². The maximum Gasteiger partial charge on any atom is 0.317 e. The number of aliphatic hydroxyl groups is 1. The molecule has 0 aliphatic heterocycles. The number of hydrogen-bond donors (Lipinski definition) is 1. The van der Waals surface area contributed by atoms with E-state index in [0.717, 1.165) is 7.11 Å². The van der Waals surface area contributed by atoms with Gasteiger partial charge in [0.2, 0.25) is 0 Å². The first kappa shape index (κ1) is 13.3. The van der Waals surface area contributed by atoms with Crippen LogP contribution in [-0.4, -0.2) is 30.3 Å². The Morgan fingerprint density at radius 2 is 2.25 bits per heavy atom. The van der Waals surface area contributed by atoms with Crippen LogP contribution in [-0.2, 0) is 9.53 Å². The van der Waals surface area contributed by atoms with E-state index >= 15 is 0 Å². The fourth-order valence-corrected chi connectivity index (χ4v) is 0.517. The molecule has 0 unspecified atom stereocenters. The Hall–Kier alpha value is -1.26. The van der Waals surface area contributed by atoms with Crippen molar-refractivity contribution in [2.75, 3.05) is 7.11 Å². The molecule has 6 nitrogen and oxygen atoms in total. The van der Waals surface area contributed by atoms with Gasteiger partial charge in [-0.3, -0.25) is 4.79 Å². The molecule has 12 heavy (non-hydrogen) atoms. The number of esters is 1. The zero-order valence-corrected chi connectivity index (χ0v) is 6.26. The quantitative estimate of drug-likeness (QED) is 0.298. The second-order valence-electron chi connectivity index (χ2n) is 1.91. The lowest BCUT2D eigenvalue weighted by molar-refractivity contribution is -0.144. The summed E-state index contributed by atoms with van der Waals surface area (Å²) in [6.45, 7) is 1.34. The maximum absolute atomic E-state index is 10.7. The molecule has 70 valence electrons. The number of carbonyl (C=O) groups is 1. The summed E-state index contributed by atoms with van der Waals surface area (Å²) in [5.41, 5.74) is 7.97. The molecule has 0 aromatic carbocycles. The van der Waals surface area contributed by atoms with E-state index in [1.165, 1.54) is 6.92 Å². The molecule has 0 rings (SSSR count). The third-order valence-corrected chi connectivity index (χ3v) is 1.08. The highest BCUT2D eigenvalue weighted by molar-refractivity contribution is 5.76. The summed E-state index contributed by atoms with van der Waals surface area (Å²) in [5.74, 6) is -0.738. The fourth-order valence-electron chi connectivity index (χ4n) is 0.517. The molecule has 1 N–H and O–H groups in total.